The summed E-state index contributed by atoms with van der Waals surface area (Å²) in [6.45, 7) is 0.506. The topological polar surface area (TPSA) is 75.2 Å². The van der Waals surface area contributed by atoms with E-state index in [1.54, 1.807) is 11.6 Å². The minimum atomic E-state index is -0.530. The van der Waals surface area contributed by atoms with Crippen LogP contribution in [0.3, 0.4) is 0 Å². The van der Waals surface area contributed by atoms with Crippen molar-refractivity contribution in [2.45, 2.75) is 18.9 Å². The Kier molecular flexibility index (Phi) is 4.79. The summed E-state index contributed by atoms with van der Waals surface area (Å²) in [5.41, 5.74) is 0.323. The molecule has 1 aliphatic rings. The summed E-state index contributed by atoms with van der Waals surface area (Å²) in [7, 11) is 0. The van der Waals surface area contributed by atoms with Crippen molar-refractivity contribution in [3.05, 3.63) is 39.6 Å². The first-order valence-corrected chi connectivity index (χ1v) is 8.52. The summed E-state index contributed by atoms with van der Waals surface area (Å²) in [6, 6.07) is 2.37. The van der Waals surface area contributed by atoms with Crippen LogP contribution < -0.4 is 5.32 Å². The standard InChI is InChI=1S/C14H12Cl2N4O2S/c15-10-6-8(7-11(16)18-10)13(22)20-4-1-2-9(20)12(21)19-14-17-3-5-23-14/h3,5-7,9H,1-2,4H2,(H,17,19,21). The lowest BCUT2D eigenvalue weighted by Gasteiger charge is -2.23. The van der Waals surface area contributed by atoms with E-state index in [2.05, 4.69) is 15.3 Å². The first kappa shape index (κ1) is 16.2. The Morgan fingerprint density at radius 3 is 2.70 bits per heavy atom. The quantitative estimate of drug-likeness (QED) is 0.842. The highest BCUT2D eigenvalue weighted by atomic mass is 35.5. The number of nitrogens with zero attached hydrogens (tertiary/aromatic N) is 3. The third-order valence-corrected chi connectivity index (χ3v) is 4.56. The lowest BCUT2D eigenvalue weighted by molar-refractivity contribution is -0.119. The Bertz CT molecular complexity index is 718. The van der Waals surface area contributed by atoms with Crippen LogP contribution in [0.2, 0.25) is 10.3 Å². The van der Waals surface area contributed by atoms with Crippen LogP contribution in [-0.2, 0) is 4.79 Å². The largest absolute Gasteiger partial charge is 0.327 e. The molecule has 2 aromatic rings. The second kappa shape index (κ2) is 6.82. The molecule has 2 aromatic heterocycles. The van der Waals surface area contributed by atoms with E-state index in [0.29, 0.717) is 23.7 Å². The van der Waals surface area contributed by atoms with Crippen LogP contribution in [0.15, 0.2) is 23.7 Å². The van der Waals surface area contributed by atoms with E-state index in [9.17, 15) is 9.59 Å². The van der Waals surface area contributed by atoms with Crippen molar-refractivity contribution >= 4 is 51.5 Å². The zero-order valence-corrected chi connectivity index (χ0v) is 14.2. The first-order chi connectivity index (χ1) is 11.0. The molecule has 23 heavy (non-hydrogen) atoms. The molecular formula is C14H12Cl2N4O2S. The number of hydrogen-bond donors (Lipinski definition) is 1. The molecule has 0 spiro atoms. The van der Waals surface area contributed by atoms with Crippen molar-refractivity contribution < 1.29 is 9.59 Å². The Labute approximate surface area is 146 Å². The maximum absolute atomic E-state index is 12.7. The molecule has 0 bridgehead atoms. The van der Waals surface area contributed by atoms with Crippen LogP contribution in [0.4, 0.5) is 5.13 Å². The molecule has 1 aliphatic heterocycles. The van der Waals surface area contributed by atoms with Gasteiger partial charge in [0.15, 0.2) is 5.13 Å². The number of anilines is 1. The molecule has 0 radical (unpaired) electrons. The number of nitrogens with one attached hydrogen (secondary N) is 1. The normalized spacial score (nSPS) is 17.3. The number of thiazole rings is 1. The number of carbonyl (C=O) groups is 2. The first-order valence-electron chi connectivity index (χ1n) is 6.89. The van der Waals surface area contributed by atoms with Gasteiger partial charge in [0.2, 0.25) is 5.91 Å². The van der Waals surface area contributed by atoms with Gasteiger partial charge in [-0.25, -0.2) is 9.97 Å². The Morgan fingerprint density at radius 1 is 1.30 bits per heavy atom. The Morgan fingerprint density at radius 2 is 2.04 bits per heavy atom. The maximum Gasteiger partial charge on any atom is 0.254 e. The molecule has 9 heteroatoms. The number of rotatable bonds is 3. The van der Waals surface area contributed by atoms with Crippen molar-refractivity contribution in [2.24, 2.45) is 0 Å². The van der Waals surface area contributed by atoms with Crippen LogP contribution in [0.25, 0.3) is 0 Å². The molecule has 6 nitrogen and oxygen atoms in total. The number of halogens is 2. The lowest BCUT2D eigenvalue weighted by atomic mass is 10.2. The molecule has 1 unspecified atom stereocenters. The second-order valence-electron chi connectivity index (χ2n) is 4.98. The van der Waals surface area contributed by atoms with Crippen molar-refractivity contribution in [2.75, 3.05) is 11.9 Å². The van der Waals surface area contributed by atoms with Crippen molar-refractivity contribution in [3.63, 3.8) is 0 Å². The molecule has 1 fully saturated rings. The minimum absolute atomic E-state index is 0.142. The van der Waals surface area contributed by atoms with E-state index in [1.165, 1.54) is 28.4 Å². The van der Waals surface area contributed by atoms with Crippen LogP contribution in [0.1, 0.15) is 23.2 Å². The maximum atomic E-state index is 12.7. The third kappa shape index (κ3) is 3.63. The zero-order chi connectivity index (χ0) is 16.4. The van der Waals surface area contributed by atoms with Crippen molar-refractivity contribution in [1.29, 1.82) is 0 Å². The molecule has 1 saturated heterocycles. The van der Waals surface area contributed by atoms with Crippen LogP contribution in [0, 0.1) is 0 Å². The third-order valence-electron chi connectivity index (χ3n) is 3.49. The molecule has 0 aliphatic carbocycles. The molecule has 0 aromatic carbocycles. The molecule has 3 heterocycles. The molecule has 0 saturated carbocycles. The average Bonchev–Trinajstić information content (AvgIpc) is 3.16. The molecule has 2 amide bonds. The van der Waals surface area contributed by atoms with Gasteiger partial charge in [0, 0.05) is 23.7 Å². The van der Waals surface area contributed by atoms with Gasteiger partial charge in [0.05, 0.1) is 0 Å². The summed E-state index contributed by atoms with van der Waals surface area (Å²) < 4.78 is 0. The number of likely N-dealkylation sites (tertiary alicyclic amines) is 1. The fraction of sp³-hybridized carbons (Fsp3) is 0.286. The Hall–Kier alpha value is -1.70. The fourth-order valence-corrected chi connectivity index (χ4v) is 3.50. The van der Waals surface area contributed by atoms with E-state index in [4.69, 9.17) is 23.2 Å². The predicted octanol–water partition coefficient (Wildman–Crippen LogP) is 3.09. The van der Waals surface area contributed by atoms with Crippen molar-refractivity contribution in [1.82, 2.24) is 14.9 Å². The number of amides is 2. The summed E-state index contributed by atoms with van der Waals surface area (Å²) in [5, 5.41) is 5.31. The highest BCUT2D eigenvalue weighted by molar-refractivity contribution is 7.13. The summed E-state index contributed by atoms with van der Waals surface area (Å²) in [5.74, 6) is -0.523. The molecule has 3 rings (SSSR count). The summed E-state index contributed by atoms with van der Waals surface area (Å²) in [4.78, 5) is 34.4. The summed E-state index contributed by atoms with van der Waals surface area (Å²) >= 11 is 13.0. The second-order valence-corrected chi connectivity index (χ2v) is 6.65. The van der Waals surface area contributed by atoms with Gasteiger partial charge in [-0.3, -0.25) is 9.59 Å². The molecule has 120 valence electrons. The van der Waals surface area contributed by atoms with E-state index in [1.807, 2.05) is 0 Å². The van der Waals surface area contributed by atoms with Gasteiger partial charge in [0.25, 0.3) is 5.91 Å². The molecular weight excluding hydrogens is 359 g/mol. The van der Waals surface area contributed by atoms with Crippen molar-refractivity contribution in [3.8, 4) is 0 Å². The average molecular weight is 371 g/mol. The SMILES string of the molecule is O=C(Nc1nccs1)C1CCCN1C(=O)c1cc(Cl)nc(Cl)c1. The lowest BCUT2D eigenvalue weighted by Crippen LogP contribution is -2.43. The van der Waals surface area contributed by atoms with Gasteiger partial charge < -0.3 is 10.2 Å². The predicted molar refractivity (Wildman–Crippen MR) is 89.1 cm³/mol. The van der Waals surface area contributed by atoms with E-state index in [0.717, 1.165) is 6.42 Å². The number of pyridine rings is 1. The van der Waals surface area contributed by atoms with E-state index in [-0.39, 0.29) is 22.1 Å². The monoisotopic (exact) mass is 370 g/mol. The van der Waals surface area contributed by atoms with Crippen LogP contribution in [0.5, 0.6) is 0 Å². The van der Waals surface area contributed by atoms with Gasteiger partial charge >= 0.3 is 0 Å². The Balaban J connectivity index is 1.77. The molecule has 1 N–H and O–H groups in total. The van der Waals surface area contributed by atoms with Gasteiger partial charge in [-0.1, -0.05) is 23.2 Å². The van der Waals surface area contributed by atoms with E-state index < -0.39 is 6.04 Å². The smallest absolute Gasteiger partial charge is 0.254 e. The molecule has 1 atom stereocenters. The number of aromatic nitrogens is 2. The minimum Gasteiger partial charge on any atom is -0.327 e. The highest BCUT2D eigenvalue weighted by Gasteiger charge is 2.35. The van der Waals surface area contributed by atoms with E-state index >= 15 is 0 Å². The summed E-state index contributed by atoms with van der Waals surface area (Å²) in [6.07, 6.45) is 2.97. The zero-order valence-electron chi connectivity index (χ0n) is 11.8. The van der Waals surface area contributed by atoms with Gasteiger partial charge in [0.1, 0.15) is 16.3 Å². The fourth-order valence-electron chi connectivity index (χ4n) is 2.51. The van der Waals surface area contributed by atoms with Gasteiger partial charge in [-0.05, 0) is 25.0 Å². The van der Waals surface area contributed by atoms with Gasteiger partial charge in [-0.2, -0.15) is 0 Å². The number of hydrogen-bond acceptors (Lipinski definition) is 5. The van der Waals surface area contributed by atoms with Crippen LogP contribution in [-0.4, -0.2) is 39.3 Å². The van der Waals surface area contributed by atoms with Crippen LogP contribution >= 0.6 is 34.5 Å². The highest BCUT2D eigenvalue weighted by Crippen LogP contribution is 2.24. The van der Waals surface area contributed by atoms with Gasteiger partial charge in [-0.15, -0.1) is 11.3 Å². The number of carbonyl (C=O) groups excluding carboxylic acids is 2.